The van der Waals surface area contributed by atoms with Crippen molar-refractivity contribution in [2.45, 2.75) is 43.0 Å². The van der Waals surface area contributed by atoms with Gasteiger partial charge in [-0.2, -0.15) is 4.31 Å². The Bertz CT molecular complexity index is 712. The monoisotopic (exact) mass is 369 g/mol. The Morgan fingerprint density at radius 2 is 1.68 bits per heavy atom. The predicted octanol–water partition coefficient (Wildman–Crippen LogP) is 2.17. The first-order chi connectivity index (χ1) is 12.0. The van der Waals surface area contributed by atoms with Crippen LogP contribution in [0.25, 0.3) is 0 Å². The molecule has 0 aromatic heterocycles. The third-order valence-electron chi connectivity index (χ3n) is 4.91. The van der Waals surface area contributed by atoms with Crippen molar-refractivity contribution in [1.29, 1.82) is 0 Å². The molecule has 1 heterocycles. The highest BCUT2D eigenvalue weighted by atomic mass is 32.2. The molecule has 1 saturated heterocycles. The summed E-state index contributed by atoms with van der Waals surface area (Å²) in [6, 6.07) is 5.47. The first-order valence-corrected chi connectivity index (χ1v) is 10.2. The molecule has 1 aliphatic carbocycles. The van der Waals surface area contributed by atoms with Crippen molar-refractivity contribution in [1.82, 2.24) is 14.5 Å². The number of carbonyl (C=O) groups is 1. The number of piperazine rings is 1. The third kappa shape index (κ3) is 4.12. The number of amides is 2. The third-order valence-corrected chi connectivity index (χ3v) is 6.84. The fourth-order valence-electron chi connectivity index (χ4n) is 3.44. The van der Waals surface area contributed by atoms with Crippen LogP contribution in [0.15, 0.2) is 29.2 Å². The molecule has 1 saturated carbocycles. The molecule has 3 rings (SSSR count). The number of carbonyl (C=O) groups excluding carboxylic acids is 1. The Morgan fingerprint density at radius 3 is 2.32 bits per heavy atom. The van der Waals surface area contributed by atoms with E-state index in [-0.39, 0.29) is 30.1 Å². The second-order valence-electron chi connectivity index (χ2n) is 6.61. The fraction of sp³-hybridized carbons (Fsp3) is 0.588. The molecule has 1 aliphatic heterocycles. The van der Waals surface area contributed by atoms with Crippen molar-refractivity contribution in [3.05, 3.63) is 30.1 Å². The second-order valence-corrected chi connectivity index (χ2v) is 8.51. The molecule has 0 bridgehead atoms. The number of nitrogens with one attached hydrogen (secondary N) is 1. The standard InChI is InChI=1S/C17H24FN3O3S/c18-15-8-4-5-9-16(15)25(23,24)21-12-10-20(11-13-21)17(22)19-14-6-2-1-3-7-14/h4-5,8-9,14H,1-3,6-7,10-13H2,(H,19,22). The average molecular weight is 369 g/mol. The van der Waals surface area contributed by atoms with Gasteiger partial charge in [-0.1, -0.05) is 31.4 Å². The zero-order valence-electron chi connectivity index (χ0n) is 14.2. The van der Waals surface area contributed by atoms with Gasteiger partial charge in [0.2, 0.25) is 10.0 Å². The van der Waals surface area contributed by atoms with Crippen molar-refractivity contribution in [2.75, 3.05) is 26.2 Å². The molecule has 0 atom stereocenters. The lowest BCUT2D eigenvalue weighted by Gasteiger charge is -2.35. The number of hydrogen-bond acceptors (Lipinski definition) is 3. The zero-order valence-corrected chi connectivity index (χ0v) is 15.0. The molecule has 0 radical (unpaired) electrons. The highest BCUT2D eigenvalue weighted by Crippen LogP contribution is 2.21. The van der Waals surface area contributed by atoms with Gasteiger partial charge in [0.15, 0.2) is 0 Å². The van der Waals surface area contributed by atoms with E-state index in [2.05, 4.69) is 5.32 Å². The maximum absolute atomic E-state index is 13.8. The van der Waals surface area contributed by atoms with E-state index in [9.17, 15) is 17.6 Å². The molecule has 2 amide bonds. The lowest BCUT2D eigenvalue weighted by molar-refractivity contribution is 0.166. The number of benzene rings is 1. The van der Waals surface area contributed by atoms with E-state index in [0.29, 0.717) is 13.1 Å². The van der Waals surface area contributed by atoms with Crippen molar-refractivity contribution in [3.63, 3.8) is 0 Å². The predicted molar refractivity (Wildman–Crippen MR) is 92.1 cm³/mol. The SMILES string of the molecule is O=C(NC1CCCCC1)N1CCN(S(=O)(=O)c2ccccc2F)CC1. The van der Waals surface area contributed by atoms with Gasteiger partial charge in [0, 0.05) is 32.2 Å². The van der Waals surface area contributed by atoms with Crippen LogP contribution in [-0.2, 0) is 10.0 Å². The van der Waals surface area contributed by atoms with Gasteiger partial charge in [0.05, 0.1) is 0 Å². The molecule has 1 aromatic carbocycles. The van der Waals surface area contributed by atoms with E-state index in [1.165, 1.54) is 28.9 Å². The van der Waals surface area contributed by atoms with Crippen LogP contribution < -0.4 is 5.32 Å². The lowest BCUT2D eigenvalue weighted by Crippen LogP contribution is -2.54. The molecule has 2 fully saturated rings. The molecule has 6 nitrogen and oxygen atoms in total. The van der Waals surface area contributed by atoms with E-state index in [0.717, 1.165) is 31.7 Å². The first-order valence-electron chi connectivity index (χ1n) is 8.78. The van der Waals surface area contributed by atoms with Gasteiger partial charge in [-0.05, 0) is 25.0 Å². The number of halogens is 1. The van der Waals surface area contributed by atoms with Gasteiger partial charge in [-0.3, -0.25) is 0 Å². The molecule has 25 heavy (non-hydrogen) atoms. The van der Waals surface area contributed by atoms with E-state index >= 15 is 0 Å². The van der Waals surface area contributed by atoms with Crippen molar-refractivity contribution >= 4 is 16.1 Å². The van der Waals surface area contributed by atoms with E-state index in [1.807, 2.05) is 0 Å². The molecule has 8 heteroatoms. The topological polar surface area (TPSA) is 69.7 Å². The summed E-state index contributed by atoms with van der Waals surface area (Å²) in [5, 5.41) is 3.04. The maximum Gasteiger partial charge on any atom is 0.317 e. The summed E-state index contributed by atoms with van der Waals surface area (Å²) in [4.78, 5) is 13.7. The number of nitrogens with zero attached hydrogens (tertiary/aromatic N) is 2. The van der Waals surface area contributed by atoms with Crippen molar-refractivity contribution in [2.24, 2.45) is 0 Å². The number of hydrogen-bond donors (Lipinski definition) is 1. The molecular formula is C17H24FN3O3S. The zero-order chi connectivity index (χ0) is 17.9. The number of rotatable bonds is 3. The molecular weight excluding hydrogens is 345 g/mol. The van der Waals surface area contributed by atoms with Crippen LogP contribution in [0.4, 0.5) is 9.18 Å². The summed E-state index contributed by atoms with van der Waals surface area (Å²) in [5.74, 6) is -0.750. The molecule has 2 aliphatic rings. The fourth-order valence-corrected chi connectivity index (χ4v) is 4.92. The summed E-state index contributed by atoms with van der Waals surface area (Å²) in [6.45, 7) is 0.974. The van der Waals surface area contributed by atoms with Gasteiger partial charge >= 0.3 is 6.03 Å². The number of sulfonamides is 1. The Kier molecular flexibility index (Phi) is 5.58. The highest BCUT2D eigenvalue weighted by molar-refractivity contribution is 7.89. The van der Waals surface area contributed by atoms with Crippen LogP contribution in [-0.4, -0.2) is 55.9 Å². The van der Waals surface area contributed by atoms with E-state index in [1.54, 1.807) is 4.90 Å². The molecule has 0 unspecified atom stereocenters. The Labute approximate surface area is 148 Å². The Hall–Kier alpha value is -1.67. The van der Waals surface area contributed by atoms with Crippen LogP contribution in [0, 0.1) is 5.82 Å². The quantitative estimate of drug-likeness (QED) is 0.888. The van der Waals surface area contributed by atoms with Crippen molar-refractivity contribution in [3.8, 4) is 0 Å². The van der Waals surface area contributed by atoms with Crippen LogP contribution in [0.2, 0.25) is 0 Å². The van der Waals surface area contributed by atoms with Gasteiger partial charge in [-0.25, -0.2) is 17.6 Å². The summed E-state index contributed by atoms with van der Waals surface area (Å²) < 4.78 is 40.2. The number of urea groups is 1. The molecule has 1 N–H and O–H groups in total. The normalized spacial score (nSPS) is 20.4. The van der Waals surface area contributed by atoms with Gasteiger partial charge in [-0.15, -0.1) is 0 Å². The minimum Gasteiger partial charge on any atom is -0.335 e. The molecule has 138 valence electrons. The summed E-state index contributed by atoms with van der Waals surface area (Å²) in [5.41, 5.74) is 0. The largest absolute Gasteiger partial charge is 0.335 e. The summed E-state index contributed by atoms with van der Waals surface area (Å²) in [7, 11) is -3.87. The highest BCUT2D eigenvalue weighted by Gasteiger charge is 2.32. The first kappa shape index (κ1) is 18.1. The smallest absolute Gasteiger partial charge is 0.317 e. The lowest BCUT2D eigenvalue weighted by atomic mass is 9.96. The Morgan fingerprint density at radius 1 is 1.04 bits per heavy atom. The van der Waals surface area contributed by atoms with Gasteiger partial charge in [0.25, 0.3) is 0 Å². The molecule has 1 aromatic rings. The van der Waals surface area contributed by atoms with Crippen LogP contribution >= 0.6 is 0 Å². The van der Waals surface area contributed by atoms with Gasteiger partial charge in [0.1, 0.15) is 10.7 Å². The average Bonchev–Trinajstić information content (AvgIpc) is 2.63. The summed E-state index contributed by atoms with van der Waals surface area (Å²) >= 11 is 0. The summed E-state index contributed by atoms with van der Waals surface area (Å²) in [6.07, 6.45) is 5.51. The van der Waals surface area contributed by atoms with Crippen LogP contribution in [0.3, 0.4) is 0 Å². The molecule has 0 spiro atoms. The van der Waals surface area contributed by atoms with Crippen LogP contribution in [0.1, 0.15) is 32.1 Å². The van der Waals surface area contributed by atoms with Gasteiger partial charge < -0.3 is 10.2 Å². The van der Waals surface area contributed by atoms with E-state index < -0.39 is 15.8 Å². The second kappa shape index (κ2) is 7.70. The minimum atomic E-state index is -3.87. The van der Waals surface area contributed by atoms with Crippen molar-refractivity contribution < 1.29 is 17.6 Å². The Balaban J connectivity index is 1.58. The minimum absolute atomic E-state index is 0.130. The maximum atomic E-state index is 13.8. The van der Waals surface area contributed by atoms with E-state index in [4.69, 9.17) is 0 Å². The van der Waals surface area contributed by atoms with Crippen LogP contribution in [0.5, 0.6) is 0 Å².